The van der Waals surface area contributed by atoms with Crippen LogP contribution in [0.4, 0.5) is 5.69 Å². The van der Waals surface area contributed by atoms with Crippen LogP contribution in [-0.2, 0) is 25.5 Å². The molecule has 1 amide bonds. The predicted molar refractivity (Wildman–Crippen MR) is 97.5 cm³/mol. The largest absolute Gasteiger partial charge is 0.467 e. The molecule has 0 radical (unpaired) electrons. The van der Waals surface area contributed by atoms with Gasteiger partial charge in [0.1, 0.15) is 6.04 Å². The van der Waals surface area contributed by atoms with Crippen molar-refractivity contribution in [2.24, 2.45) is 0 Å². The Morgan fingerprint density at radius 3 is 2.29 bits per heavy atom. The van der Waals surface area contributed by atoms with E-state index >= 15 is 0 Å². The molecular formula is C19H18N2O7. The lowest BCUT2D eigenvalue weighted by Crippen LogP contribution is -2.44. The molecule has 0 saturated carbocycles. The zero-order valence-corrected chi connectivity index (χ0v) is 15.0. The Kier molecular flexibility index (Phi) is 7.21. The SMILES string of the molecule is COC(=O)[C@H](Cc1ccccc1)NC(=O)COC(=O)c1ccc([N+](=O)[O-])cc1. The van der Waals surface area contributed by atoms with E-state index in [9.17, 15) is 24.5 Å². The van der Waals surface area contributed by atoms with E-state index in [4.69, 9.17) is 9.47 Å². The van der Waals surface area contributed by atoms with Gasteiger partial charge in [-0.25, -0.2) is 9.59 Å². The molecule has 0 spiro atoms. The van der Waals surface area contributed by atoms with Crippen molar-refractivity contribution >= 4 is 23.5 Å². The van der Waals surface area contributed by atoms with Gasteiger partial charge in [0.25, 0.3) is 11.6 Å². The number of non-ortho nitro benzene ring substituents is 1. The maximum absolute atomic E-state index is 12.1. The van der Waals surface area contributed by atoms with E-state index in [1.807, 2.05) is 6.07 Å². The molecule has 28 heavy (non-hydrogen) atoms. The minimum Gasteiger partial charge on any atom is -0.467 e. The molecule has 0 unspecified atom stereocenters. The van der Waals surface area contributed by atoms with Crippen molar-refractivity contribution in [2.45, 2.75) is 12.5 Å². The summed E-state index contributed by atoms with van der Waals surface area (Å²) in [5.41, 5.74) is 0.712. The number of hydrogen-bond donors (Lipinski definition) is 1. The second kappa shape index (κ2) is 9.81. The number of nitrogens with zero attached hydrogens (tertiary/aromatic N) is 1. The van der Waals surface area contributed by atoms with Gasteiger partial charge in [0.15, 0.2) is 6.61 Å². The third-order valence-corrected chi connectivity index (χ3v) is 3.75. The summed E-state index contributed by atoms with van der Waals surface area (Å²) in [7, 11) is 1.21. The van der Waals surface area contributed by atoms with E-state index in [0.717, 1.165) is 17.7 Å². The van der Waals surface area contributed by atoms with Crippen molar-refractivity contribution in [1.82, 2.24) is 5.32 Å². The number of rotatable bonds is 8. The van der Waals surface area contributed by atoms with Gasteiger partial charge in [0.2, 0.25) is 0 Å². The molecule has 1 N–H and O–H groups in total. The highest BCUT2D eigenvalue weighted by Crippen LogP contribution is 2.12. The third-order valence-electron chi connectivity index (χ3n) is 3.75. The first kappa shape index (κ1) is 20.6. The highest BCUT2D eigenvalue weighted by molar-refractivity contribution is 5.92. The molecular weight excluding hydrogens is 368 g/mol. The number of benzene rings is 2. The van der Waals surface area contributed by atoms with E-state index in [2.05, 4.69) is 5.32 Å². The van der Waals surface area contributed by atoms with E-state index in [-0.39, 0.29) is 17.7 Å². The second-order valence-electron chi connectivity index (χ2n) is 5.71. The number of nitro benzene ring substituents is 1. The van der Waals surface area contributed by atoms with Crippen LogP contribution in [0.2, 0.25) is 0 Å². The van der Waals surface area contributed by atoms with Crippen LogP contribution in [0.15, 0.2) is 54.6 Å². The molecule has 0 bridgehead atoms. The molecule has 9 heteroatoms. The first-order valence-corrected chi connectivity index (χ1v) is 8.23. The van der Waals surface area contributed by atoms with Gasteiger partial charge >= 0.3 is 11.9 Å². The summed E-state index contributed by atoms with van der Waals surface area (Å²) in [5, 5.41) is 13.1. The zero-order chi connectivity index (χ0) is 20.5. The molecule has 0 saturated heterocycles. The van der Waals surface area contributed by atoms with Gasteiger partial charge in [-0.15, -0.1) is 0 Å². The predicted octanol–water partition coefficient (Wildman–Crippen LogP) is 1.65. The monoisotopic (exact) mass is 386 g/mol. The van der Waals surface area contributed by atoms with Gasteiger partial charge < -0.3 is 14.8 Å². The van der Waals surface area contributed by atoms with Gasteiger partial charge in [0.05, 0.1) is 17.6 Å². The Morgan fingerprint density at radius 1 is 1.07 bits per heavy atom. The summed E-state index contributed by atoms with van der Waals surface area (Å²) in [6.45, 7) is -0.613. The van der Waals surface area contributed by atoms with E-state index in [1.165, 1.54) is 19.2 Å². The molecule has 146 valence electrons. The number of amides is 1. The van der Waals surface area contributed by atoms with E-state index in [1.54, 1.807) is 24.3 Å². The Balaban J connectivity index is 1.91. The van der Waals surface area contributed by atoms with Crippen LogP contribution in [0.25, 0.3) is 0 Å². The number of nitro groups is 1. The Hall–Kier alpha value is -3.75. The fraction of sp³-hybridized carbons (Fsp3) is 0.211. The van der Waals surface area contributed by atoms with Gasteiger partial charge in [-0.1, -0.05) is 30.3 Å². The molecule has 0 aliphatic rings. The summed E-state index contributed by atoms with van der Waals surface area (Å²) in [5.74, 6) is -2.12. The minimum absolute atomic E-state index is 0.0622. The topological polar surface area (TPSA) is 125 Å². The zero-order valence-electron chi connectivity index (χ0n) is 15.0. The summed E-state index contributed by atoms with van der Waals surface area (Å²) in [6.07, 6.45) is 0.218. The number of nitrogens with one attached hydrogen (secondary N) is 1. The number of esters is 2. The molecule has 0 aromatic heterocycles. The number of methoxy groups -OCH3 is 1. The first-order valence-electron chi connectivity index (χ1n) is 8.23. The molecule has 0 fully saturated rings. The van der Waals surface area contributed by atoms with Gasteiger partial charge in [0, 0.05) is 18.6 Å². The molecule has 0 aliphatic carbocycles. The average Bonchev–Trinajstić information content (AvgIpc) is 2.71. The average molecular weight is 386 g/mol. The van der Waals surface area contributed by atoms with E-state index < -0.39 is 35.4 Å². The number of carbonyl (C=O) groups excluding carboxylic acids is 3. The van der Waals surface area contributed by atoms with Crippen molar-refractivity contribution in [3.05, 3.63) is 75.8 Å². The summed E-state index contributed by atoms with van der Waals surface area (Å²) < 4.78 is 9.58. The molecule has 0 heterocycles. The molecule has 9 nitrogen and oxygen atoms in total. The Labute approximate surface area is 160 Å². The van der Waals surface area contributed by atoms with Crippen molar-refractivity contribution in [3.8, 4) is 0 Å². The molecule has 1 atom stereocenters. The van der Waals surface area contributed by atoms with E-state index in [0.29, 0.717) is 0 Å². The van der Waals surface area contributed by atoms with Crippen molar-refractivity contribution in [1.29, 1.82) is 0 Å². The van der Waals surface area contributed by atoms with Crippen LogP contribution in [0.3, 0.4) is 0 Å². The van der Waals surface area contributed by atoms with Gasteiger partial charge in [-0.05, 0) is 17.7 Å². The van der Waals surface area contributed by atoms with Crippen LogP contribution >= 0.6 is 0 Å². The fourth-order valence-electron chi connectivity index (χ4n) is 2.35. The van der Waals surface area contributed by atoms with Crippen LogP contribution < -0.4 is 5.32 Å². The van der Waals surface area contributed by atoms with Gasteiger partial charge in [-0.2, -0.15) is 0 Å². The van der Waals surface area contributed by atoms with Crippen molar-refractivity contribution in [2.75, 3.05) is 13.7 Å². The van der Waals surface area contributed by atoms with Crippen molar-refractivity contribution < 1.29 is 28.8 Å². The van der Waals surface area contributed by atoms with Gasteiger partial charge in [-0.3, -0.25) is 14.9 Å². The van der Waals surface area contributed by atoms with Crippen LogP contribution in [0.5, 0.6) is 0 Å². The quantitative estimate of drug-likeness (QED) is 0.415. The summed E-state index contributed by atoms with van der Waals surface area (Å²) >= 11 is 0. The Morgan fingerprint density at radius 2 is 1.71 bits per heavy atom. The maximum Gasteiger partial charge on any atom is 0.338 e. The number of carbonyl (C=O) groups is 3. The highest BCUT2D eigenvalue weighted by Gasteiger charge is 2.22. The lowest BCUT2D eigenvalue weighted by molar-refractivity contribution is -0.384. The van der Waals surface area contributed by atoms with Crippen LogP contribution in [-0.4, -0.2) is 42.5 Å². The number of hydrogen-bond acceptors (Lipinski definition) is 7. The molecule has 2 rings (SSSR count). The van der Waals surface area contributed by atoms with Crippen LogP contribution in [0.1, 0.15) is 15.9 Å². The number of ether oxygens (including phenoxy) is 2. The lowest BCUT2D eigenvalue weighted by Gasteiger charge is -2.16. The maximum atomic E-state index is 12.1. The normalized spacial score (nSPS) is 11.2. The summed E-state index contributed by atoms with van der Waals surface area (Å²) in [4.78, 5) is 45.9. The smallest absolute Gasteiger partial charge is 0.338 e. The second-order valence-corrected chi connectivity index (χ2v) is 5.71. The third kappa shape index (κ3) is 5.90. The Bertz CT molecular complexity index is 850. The molecule has 2 aromatic carbocycles. The standard InChI is InChI=1S/C19H18N2O7/c1-27-19(24)16(11-13-5-3-2-4-6-13)20-17(22)12-28-18(23)14-7-9-15(10-8-14)21(25)26/h2-10,16H,11-12H2,1H3,(H,20,22)/t16-/m0/s1. The van der Waals surface area contributed by atoms with Crippen LogP contribution in [0, 0.1) is 10.1 Å². The molecule has 0 aliphatic heterocycles. The first-order chi connectivity index (χ1) is 13.4. The fourth-order valence-corrected chi connectivity index (χ4v) is 2.35. The molecule has 2 aromatic rings. The minimum atomic E-state index is -0.932. The lowest BCUT2D eigenvalue weighted by atomic mass is 10.1. The summed E-state index contributed by atoms with van der Waals surface area (Å²) in [6, 6.07) is 12.9. The van der Waals surface area contributed by atoms with Crippen molar-refractivity contribution in [3.63, 3.8) is 0 Å². The highest BCUT2D eigenvalue weighted by atomic mass is 16.6.